The van der Waals surface area contributed by atoms with Crippen LogP contribution in [-0.4, -0.2) is 5.11 Å². The molecule has 0 bridgehead atoms. The molecule has 0 aliphatic rings. The molecule has 16 heavy (non-hydrogen) atoms. The lowest BCUT2D eigenvalue weighted by atomic mass is 10.0. The normalized spacial score (nSPS) is 12.4. The highest BCUT2D eigenvalue weighted by atomic mass is 79.9. The van der Waals surface area contributed by atoms with Crippen LogP contribution in [0.25, 0.3) is 0 Å². The quantitative estimate of drug-likeness (QED) is 0.890. The largest absolute Gasteiger partial charge is 0.384 e. The highest BCUT2D eigenvalue weighted by Crippen LogP contribution is 2.23. The van der Waals surface area contributed by atoms with Gasteiger partial charge in [-0.25, -0.2) is 4.39 Å². The summed E-state index contributed by atoms with van der Waals surface area (Å²) in [5.41, 5.74) is 1.47. The molecule has 3 heteroatoms. The molecule has 0 heterocycles. The van der Waals surface area contributed by atoms with E-state index in [9.17, 15) is 9.50 Å². The van der Waals surface area contributed by atoms with Crippen molar-refractivity contribution in [1.82, 2.24) is 0 Å². The summed E-state index contributed by atoms with van der Waals surface area (Å²) in [6.07, 6.45) is -0.714. The van der Waals surface area contributed by atoms with Crippen LogP contribution in [0.2, 0.25) is 0 Å². The fourth-order valence-electron chi connectivity index (χ4n) is 1.48. The van der Waals surface area contributed by atoms with Crippen molar-refractivity contribution in [3.8, 4) is 0 Å². The van der Waals surface area contributed by atoms with Gasteiger partial charge in [0.1, 0.15) is 11.9 Å². The van der Waals surface area contributed by atoms with Gasteiger partial charge in [-0.05, 0) is 35.4 Å². The summed E-state index contributed by atoms with van der Waals surface area (Å²) in [5.74, 6) is -0.299. The van der Waals surface area contributed by atoms with Gasteiger partial charge in [-0.15, -0.1) is 0 Å². The first-order chi connectivity index (χ1) is 7.66. The molecule has 2 rings (SSSR count). The molecular formula is C13H10BrFO. The Balaban J connectivity index is 2.28. The second kappa shape index (κ2) is 4.76. The second-order valence-corrected chi connectivity index (χ2v) is 4.42. The molecule has 0 aromatic heterocycles. The van der Waals surface area contributed by atoms with E-state index in [1.54, 1.807) is 12.1 Å². The maximum atomic E-state index is 12.7. The van der Waals surface area contributed by atoms with Crippen LogP contribution in [0.5, 0.6) is 0 Å². The van der Waals surface area contributed by atoms with Crippen LogP contribution in [-0.2, 0) is 0 Å². The van der Waals surface area contributed by atoms with E-state index in [0.717, 1.165) is 10.0 Å². The second-order valence-electron chi connectivity index (χ2n) is 3.51. The molecule has 0 radical (unpaired) electrons. The van der Waals surface area contributed by atoms with Crippen molar-refractivity contribution in [2.24, 2.45) is 0 Å². The zero-order chi connectivity index (χ0) is 11.5. The van der Waals surface area contributed by atoms with Gasteiger partial charge >= 0.3 is 0 Å². The minimum Gasteiger partial charge on any atom is -0.384 e. The van der Waals surface area contributed by atoms with Crippen molar-refractivity contribution in [2.75, 3.05) is 0 Å². The third kappa shape index (κ3) is 2.49. The van der Waals surface area contributed by atoms with Crippen LogP contribution >= 0.6 is 15.9 Å². The van der Waals surface area contributed by atoms with Crippen LogP contribution in [0.4, 0.5) is 4.39 Å². The molecule has 0 aliphatic heterocycles. The van der Waals surface area contributed by atoms with Crippen molar-refractivity contribution >= 4 is 15.9 Å². The van der Waals surface area contributed by atoms with E-state index < -0.39 is 6.10 Å². The van der Waals surface area contributed by atoms with Gasteiger partial charge in [-0.3, -0.25) is 0 Å². The third-order valence-electron chi connectivity index (χ3n) is 2.37. The molecule has 0 unspecified atom stereocenters. The molecule has 1 nitrogen and oxygen atoms in total. The Hall–Kier alpha value is -1.19. The molecule has 2 aromatic carbocycles. The van der Waals surface area contributed by atoms with Crippen molar-refractivity contribution in [3.63, 3.8) is 0 Å². The minimum atomic E-state index is -0.714. The summed E-state index contributed by atoms with van der Waals surface area (Å²) in [6.45, 7) is 0. The number of aliphatic hydroxyl groups excluding tert-OH is 1. The first-order valence-corrected chi connectivity index (χ1v) is 5.65. The van der Waals surface area contributed by atoms with Crippen molar-refractivity contribution < 1.29 is 9.50 Å². The van der Waals surface area contributed by atoms with Crippen LogP contribution in [0.3, 0.4) is 0 Å². The summed E-state index contributed by atoms with van der Waals surface area (Å²) in [7, 11) is 0. The molecule has 0 saturated heterocycles. The molecule has 0 saturated carbocycles. The molecule has 82 valence electrons. The Kier molecular flexibility index (Phi) is 3.36. The summed E-state index contributed by atoms with van der Waals surface area (Å²) >= 11 is 3.33. The maximum Gasteiger partial charge on any atom is 0.123 e. The smallest absolute Gasteiger partial charge is 0.123 e. The lowest BCUT2D eigenvalue weighted by Gasteiger charge is -2.11. The van der Waals surface area contributed by atoms with Gasteiger partial charge in [-0.1, -0.05) is 40.2 Å². The van der Waals surface area contributed by atoms with Crippen LogP contribution in [0.15, 0.2) is 53.0 Å². The maximum absolute atomic E-state index is 12.7. The van der Waals surface area contributed by atoms with Crippen molar-refractivity contribution in [2.45, 2.75) is 6.10 Å². The van der Waals surface area contributed by atoms with Gasteiger partial charge in [0.25, 0.3) is 0 Å². The van der Waals surface area contributed by atoms with Crippen LogP contribution < -0.4 is 0 Å². The van der Waals surface area contributed by atoms with Crippen molar-refractivity contribution in [3.05, 3.63) is 69.9 Å². The summed E-state index contributed by atoms with van der Waals surface area (Å²) < 4.78 is 13.7. The standard InChI is InChI=1S/C13H10BrFO/c14-11-5-1-9(2-6-11)13(16)10-3-7-12(15)8-4-10/h1-8,13,16H/t13-/m0/s1. The zero-order valence-corrected chi connectivity index (χ0v) is 9.99. The van der Waals surface area contributed by atoms with Gasteiger partial charge in [0, 0.05) is 4.47 Å². The lowest BCUT2D eigenvalue weighted by Crippen LogP contribution is -1.99. The highest BCUT2D eigenvalue weighted by Gasteiger charge is 2.09. The first kappa shape index (κ1) is 11.3. The number of aliphatic hydroxyl groups is 1. The predicted octanol–water partition coefficient (Wildman–Crippen LogP) is 3.67. The van der Waals surface area contributed by atoms with Gasteiger partial charge in [-0.2, -0.15) is 0 Å². The Morgan fingerprint density at radius 3 is 1.81 bits per heavy atom. The average Bonchev–Trinajstić information content (AvgIpc) is 2.30. The van der Waals surface area contributed by atoms with E-state index >= 15 is 0 Å². The Bertz CT molecular complexity index is 419. The Morgan fingerprint density at radius 2 is 1.31 bits per heavy atom. The first-order valence-electron chi connectivity index (χ1n) is 4.86. The van der Waals surface area contributed by atoms with E-state index in [-0.39, 0.29) is 5.82 Å². The monoisotopic (exact) mass is 280 g/mol. The summed E-state index contributed by atoms with van der Waals surface area (Å²) in [5, 5.41) is 10.0. The molecular weight excluding hydrogens is 271 g/mol. The van der Waals surface area contributed by atoms with Gasteiger partial charge in [0.15, 0.2) is 0 Å². The number of hydrogen-bond acceptors (Lipinski definition) is 1. The molecule has 0 spiro atoms. The number of halogens is 2. The molecule has 1 atom stereocenters. The summed E-state index contributed by atoms with van der Waals surface area (Å²) in [4.78, 5) is 0. The Morgan fingerprint density at radius 1 is 0.875 bits per heavy atom. The predicted molar refractivity (Wildman–Crippen MR) is 64.6 cm³/mol. The lowest BCUT2D eigenvalue weighted by molar-refractivity contribution is 0.220. The molecule has 0 amide bonds. The SMILES string of the molecule is O[C@H](c1ccc(F)cc1)c1ccc(Br)cc1. The van der Waals surface area contributed by atoms with E-state index in [1.807, 2.05) is 24.3 Å². The zero-order valence-electron chi connectivity index (χ0n) is 8.40. The number of rotatable bonds is 2. The fraction of sp³-hybridized carbons (Fsp3) is 0.0769. The fourth-order valence-corrected chi connectivity index (χ4v) is 1.75. The van der Waals surface area contributed by atoms with Crippen molar-refractivity contribution in [1.29, 1.82) is 0 Å². The Labute approximate surface area is 102 Å². The average molecular weight is 281 g/mol. The minimum absolute atomic E-state index is 0.299. The number of benzene rings is 2. The van der Waals surface area contributed by atoms with Gasteiger partial charge in [0.05, 0.1) is 0 Å². The van der Waals surface area contributed by atoms with E-state index in [1.165, 1.54) is 12.1 Å². The molecule has 1 N–H and O–H groups in total. The van der Waals surface area contributed by atoms with Crippen LogP contribution in [0.1, 0.15) is 17.2 Å². The van der Waals surface area contributed by atoms with Gasteiger partial charge < -0.3 is 5.11 Å². The third-order valence-corrected chi connectivity index (χ3v) is 2.90. The highest BCUT2D eigenvalue weighted by molar-refractivity contribution is 9.10. The topological polar surface area (TPSA) is 20.2 Å². The van der Waals surface area contributed by atoms with E-state index in [0.29, 0.717) is 5.56 Å². The molecule has 2 aromatic rings. The number of hydrogen-bond donors (Lipinski definition) is 1. The van der Waals surface area contributed by atoms with E-state index in [4.69, 9.17) is 0 Å². The van der Waals surface area contributed by atoms with Crippen LogP contribution in [0, 0.1) is 5.82 Å². The molecule has 0 fully saturated rings. The summed E-state index contributed by atoms with van der Waals surface area (Å²) in [6, 6.07) is 13.2. The van der Waals surface area contributed by atoms with E-state index in [2.05, 4.69) is 15.9 Å². The molecule has 0 aliphatic carbocycles. The van der Waals surface area contributed by atoms with Gasteiger partial charge in [0.2, 0.25) is 0 Å².